The predicted molar refractivity (Wildman–Crippen MR) is 48.8 cm³/mol. The van der Waals surface area contributed by atoms with Crippen LogP contribution in [0.2, 0.25) is 0 Å². The molecule has 14 heavy (non-hydrogen) atoms. The highest BCUT2D eigenvalue weighted by atomic mass is 19.1. The maximum Gasteiger partial charge on any atom is 0.229 e. The van der Waals surface area contributed by atoms with Gasteiger partial charge >= 0.3 is 0 Å². The Morgan fingerprint density at radius 1 is 1.57 bits per heavy atom. The molecule has 0 saturated heterocycles. The van der Waals surface area contributed by atoms with Gasteiger partial charge in [-0.25, -0.2) is 4.39 Å². The minimum absolute atomic E-state index is 0.0865. The number of nitrogens with two attached hydrogens (primary N) is 1. The number of amides is 1. The van der Waals surface area contributed by atoms with Gasteiger partial charge in [-0.15, -0.1) is 0 Å². The second kappa shape index (κ2) is 4.28. The lowest BCUT2D eigenvalue weighted by molar-refractivity contribution is -0.117. The van der Waals surface area contributed by atoms with Crippen molar-refractivity contribution in [3.05, 3.63) is 29.6 Å². The van der Waals surface area contributed by atoms with Crippen LogP contribution in [0, 0.1) is 17.7 Å². The van der Waals surface area contributed by atoms with Crippen LogP contribution >= 0.6 is 0 Å². The summed E-state index contributed by atoms with van der Waals surface area (Å²) in [6, 6.07) is 3.46. The molecule has 0 spiro atoms. The van der Waals surface area contributed by atoms with Crippen molar-refractivity contribution < 1.29 is 14.3 Å². The van der Waals surface area contributed by atoms with Crippen molar-refractivity contribution in [1.29, 1.82) is 0 Å². The summed E-state index contributed by atoms with van der Waals surface area (Å²) in [6.45, 7) is 0. The topological polar surface area (TPSA) is 63.3 Å². The van der Waals surface area contributed by atoms with Gasteiger partial charge in [-0.3, -0.25) is 4.79 Å². The molecule has 3 nitrogen and oxygen atoms in total. The lowest BCUT2D eigenvalue weighted by Crippen LogP contribution is -2.08. The molecule has 0 atom stereocenters. The molecule has 0 aliphatic carbocycles. The average molecular weight is 193 g/mol. The summed E-state index contributed by atoms with van der Waals surface area (Å²) >= 11 is 0. The van der Waals surface area contributed by atoms with Gasteiger partial charge in [-0.2, -0.15) is 0 Å². The van der Waals surface area contributed by atoms with E-state index in [4.69, 9.17) is 5.73 Å². The number of rotatable bonds is 1. The summed E-state index contributed by atoms with van der Waals surface area (Å²) in [4.78, 5) is 10.3. The fraction of sp³-hybridized carbons (Fsp3) is 0.100. The van der Waals surface area contributed by atoms with Crippen LogP contribution in [0.1, 0.15) is 12.0 Å². The molecule has 4 heteroatoms. The molecular weight excluding hydrogens is 185 g/mol. The molecule has 1 aromatic rings. The SMILES string of the molecule is NC(=O)CC#Cc1ccc(F)cc1O. The Bertz CT molecular complexity index is 418. The van der Waals surface area contributed by atoms with Crippen molar-refractivity contribution in [1.82, 2.24) is 0 Å². The van der Waals surface area contributed by atoms with Crippen LogP contribution < -0.4 is 5.73 Å². The number of halogens is 1. The van der Waals surface area contributed by atoms with Gasteiger partial charge in [0.25, 0.3) is 0 Å². The van der Waals surface area contributed by atoms with Crippen molar-refractivity contribution in [2.45, 2.75) is 6.42 Å². The van der Waals surface area contributed by atoms with Crippen LogP contribution in [0.4, 0.5) is 4.39 Å². The van der Waals surface area contributed by atoms with Crippen molar-refractivity contribution in [3.8, 4) is 17.6 Å². The zero-order chi connectivity index (χ0) is 10.6. The number of carbonyl (C=O) groups excluding carboxylic acids is 1. The Morgan fingerprint density at radius 2 is 2.29 bits per heavy atom. The Morgan fingerprint density at radius 3 is 2.86 bits per heavy atom. The van der Waals surface area contributed by atoms with Gasteiger partial charge in [0.15, 0.2) is 0 Å². The van der Waals surface area contributed by atoms with Gasteiger partial charge in [-0.05, 0) is 12.1 Å². The van der Waals surface area contributed by atoms with Crippen LogP contribution in [-0.4, -0.2) is 11.0 Å². The molecule has 1 aromatic carbocycles. The van der Waals surface area contributed by atoms with Gasteiger partial charge in [0.1, 0.15) is 11.6 Å². The molecule has 72 valence electrons. The highest BCUT2D eigenvalue weighted by molar-refractivity contribution is 5.76. The standard InChI is InChI=1S/C10H8FNO2/c11-8-5-4-7(9(13)6-8)2-1-3-10(12)14/h4-6,13H,3H2,(H2,12,14). The van der Waals surface area contributed by atoms with Gasteiger partial charge in [0, 0.05) is 6.07 Å². The average Bonchev–Trinajstić information content (AvgIpc) is 2.08. The molecule has 0 aliphatic rings. The first-order chi connectivity index (χ1) is 6.59. The Kier molecular flexibility index (Phi) is 3.08. The summed E-state index contributed by atoms with van der Waals surface area (Å²) in [6.07, 6.45) is -0.0865. The molecule has 0 aliphatic heterocycles. The summed E-state index contributed by atoms with van der Waals surface area (Å²) in [5.41, 5.74) is 5.13. The fourth-order valence-corrected chi connectivity index (χ4v) is 0.837. The van der Waals surface area contributed by atoms with Crippen molar-refractivity contribution in [2.24, 2.45) is 5.73 Å². The number of primary amides is 1. The zero-order valence-electron chi connectivity index (χ0n) is 7.25. The highest BCUT2D eigenvalue weighted by Gasteiger charge is 1.98. The van der Waals surface area contributed by atoms with E-state index in [0.29, 0.717) is 0 Å². The number of hydrogen-bond donors (Lipinski definition) is 2. The van der Waals surface area contributed by atoms with E-state index in [-0.39, 0.29) is 17.7 Å². The van der Waals surface area contributed by atoms with Crippen LogP contribution in [0.5, 0.6) is 5.75 Å². The first-order valence-corrected chi connectivity index (χ1v) is 3.85. The maximum absolute atomic E-state index is 12.5. The lowest BCUT2D eigenvalue weighted by Gasteiger charge is -1.95. The summed E-state index contributed by atoms with van der Waals surface area (Å²) in [5.74, 6) is 3.63. The molecule has 1 rings (SSSR count). The minimum Gasteiger partial charge on any atom is -0.507 e. The molecule has 0 bridgehead atoms. The monoisotopic (exact) mass is 193 g/mol. The van der Waals surface area contributed by atoms with E-state index in [1.54, 1.807) is 0 Å². The van der Waals surface area contributed by atoms with Crippen LogP contribution in [-0.2, 0) is 4.79 Å². The van der Waals surface area contributed by atoms with Crippen LogP contribution in [0.15, 0.2) is 18.2 Å². The summed E-state index contributed by atoms with van der Waals surface area (Å²) in [5, 5.41) is 9.20. The quantitative estimate of drug-likeness (QED) is 0.646. The van der Waals surface area contributed by atoms with Crippen LogP contribution in [0.3, 0.4) is 0 Å². The number of phenols is 1. The van der Waals surface area contributed by atoms with E-state index in [1.807, 2.05) is 0 Å². The number of carbonyl (C=O) groups is 1. The molecule has 0 unspecified atom stereocenters. The highest BCUT2D eigenvalue weighted by Crippen LogP contribution is 2.16. The second-order valence-electron chi connectivity index (χ2n) is 2.61. The third-order valence-electron chi connectivity index (χ3n) is 1.45. The smallest absolute Gasteiger partial charge is 0.229 e. The number of hydrogen-bond acceptors (Lipinski definition) is 2. The zero-order valence-corrected chi connectivity index (χ0v) is 7.25. The van der Waals surface area contributed by atoms with E-state index < -0.39 is 11.7 Å². The van der Waals surface area contributed by atoms with Gasteiger partial charge < -0.3 is 10.8 Å². The lowest BCUT2D eigenvalue weighted by atomic mass is 10.2. The van der Waals surface area contributed by atoms with Crippen molar-refractivity contribution in [3.63, 3.8) is 0 Å². The van der Waals surface area contributed by atoms with E-state index in [2.05, 4.69) is 11.8 Å². The van der Waals surface area contributed by atoms with Gasteiger partial charge in [0.2, 0.25) is 5.91 Å². The van der Waals surface area contributed by atoms with E-state index in [1.165, 1.54) is 12.1 Å². The number of benzene rings is 1. The van der Waals surface area contributed by atoms with E-state index in [0.717, 1.165) is 6.07 Å². The third-order valence-corrected chi connectivity index (χ3v) is 1.45. The summed E-state index contributed by atoms with van der Waals surface area (Å²) < 4.78 is 12.5. The normalized spacial score (nSPS) is 8.93. The van der Waals surface area contributed by atoms with Gasteiger partial charge in [0.05, 0.1) is 12.0 Å². The molecule has 3 N–H and O–H groups in total. The van der Waals surface area contributed by atoms with E-state index in [9.17, 15) is 14.3 Å². The molecule has 0 radical (unpaired) electrons. The molecule has 1 amide bonds. The first kappa shape index (κ1) is 10.1. The Hall–Kier alpha value is -2.02. The summed E-state index contributed by atoms with van der Waals surface area (Å²) in [7, 11) is 0. The van der Waals surface area contributed by atoms with Gasteiger partial charge in [-0.1, -0.05) is 11.8 Å². The molecule has 0 fully saturated rings. The van der Waals surface area contributed by atoms with Crippen molar-refractivity contribution in [2.75, 3.05) is 0 Å². The maximum atomic E-state index is 12.5. The number of aromatic hydroxyl groups is 1. The Labute approximate surface area is 80.4 Å². The molecule has 0 heterocycles. The largest absolute Gasteiger partial charge is 0.507 e. The minimum atomic E-state index is -0.542. The van der Waals surface area contributed by atoms with Crippen molar-refractivity contribution >= 4 is 5.91 Å². The second-order valence-corrected chi connectivity index (χ2v) is 2.61. The third kappa shape index (κ3) is 2.79. The fourth-order valence-electron chi connectivity index (χ4n) is 0.837. The van der Waals surface area contributed by atoms with Crippen LogP contribution in [0.25, 0.3) is 0 Å². The Balaban J connectivity index is 2.85. The molecule has 0 saturated carbocycles. The van der Waals surface area contributed by atoms with E-state index >= 15 is 0 Å². The molecule has 0 aromatic heterocycles. The molecular formula is C10H8FNO2. The first-order valence-electron chi connectivity index (χ1n) is 3.85. The predicted octanol–water partition coefficient (Wildman–Crippen LogP) is 0.758. The number of phenolic OH excluding ortho intramolecular Hbond substituents is 1.